The number of piperazine rings is 1. The molecule has 2 bridgehead atoms. The second kappa shape index (κ2) is 10.5. The molecule has 4 aliphatic heterocycles. The largest absolute Gasteiger partial charge is 0.322 e. The molecule has 0 radical (unpaired) electrons. The number of nitrogens with zero attached hydrogens (tertiary/aromatic N) is 3. The van der Waals surface area contributed by atoms with Crippen molar-refractivity contribution >= 4 is 17.7 Å². The third-order valence-electron chi connectivity index (χ3n) is 9.18. The predicted molar refractivity (Wildman–Crippen MR) is 151 cm³/mol. The zero-order chi connectivity index (χ0) is 28.1. The van der Waals surface area contributed by atoms with E-state index in [1.807, 2.05) is 6.07 Å². The van der Waals surface area contributed by atoms with Gasteiger partial charge in [0.25, 0.3) is 5.91 Å². The van der Waals surface area contributed by atoms with Crippen molar-refractivity contribution in [2.75, 3.05) is 13.1 Å². The molecule has 4 aliphatic rings. The molecule has 3 aromatic carbocycles. The van der Waals surface area contributed by atoms with Crippen LogP contribution in [0, 0.1) is 5.82 Å². The van der Waals surface area contributed by atoms with Crippen LogP contribution in [-0.4, -0.2) is 63.6 Å². The summed E-state index contributed by atoms with van der Waals surface area (Å²) in [7, 11) is 0. The number of hydrogen-bond acceptors (Lipinski definition) is 5. The maximum atomic E-state index is 15.3. The number of nitrogens with one attached hydrogen (secondary N) is 1. The smallest absolute Gasteiger partial charge is 0.258 e. The summed E-state index contributed by atoms with van der Waals surface area (Å²) in [6, 6.07) is 25.1. The molecule has 0 spiro atoms. The lowest BCUT2D eigenvalue weighted by atomic mass is 9.94. The zero-order valence-electron chi connectivity index (χ0n) is 22.8. The van der Waals surface area contributed by atoms with Gasteiger partial charge in [-0.25, -0.2) is 4.39 Å². The topological polar surface area (TPSA) is 73.0 Å². The quantitative estimate of drug-likeness (QED) is 0.468. The standard InChI is InChI=1S/C33H33FN4O3/c34-27-16-21(15-24-18-37(33(41)30(24)27)28-13-14-29(39)35-32(28)40)17-36-19-25-11-12-26(20-36)38(25)31(22-7-3-1-4-8-22)23-9-5-2-6-10-23/h1-10,15-16,25-26,28,31H,11-14,17-20H2,(H,35,39,40). The predicted octanol–water partition coefficient (Wildman–Crippen LogP) is 4.02. The van der Waals surface area contributed by atoms with E-state index in [0.717, 1.165) is 31.5 Å². The molecule has 0 aliphatic carbocycles. The number of benzene rings is 3. The zero-order valence-corrected chi connectivity index (χ0v) is 22.8. The van der Waals surface area contributed by atoms with Crippen LogP contribution in [0.15, 0.2) is 72.8 Å². The van der Waals surface area contributed by atoms with Crippen LogP contribution in [0.2, 0.25) is 0 Å². The van der Waals surface area contributed by atoms with E-state index in [9.17, 15) is 14.4 Å². The van der Waals surface area contributed by atoms with Crippen molar-refractivity contribution in [3.63, 3.8) is 0 Å². The van der Waals surface area contributed by atoms with Crippen LogP contribution in [0.4, 0.5) is 4.39 Å². The first-order valence-corrected chi connectivity index (χ1v) is 14.5. The molecular formula is C33H33FN4O3. The molecule has 7 nitrogen and oxygen atoms in total. The maximum absolute atomic E-state index is 15.3. The van der Waals surface area contributed by atoms with Crippen LogP contribution in [-0.2, 0) is 22.7 Å². The Morgan fingerprint density at radius 1 is 0.854 bits per heavy atom. The van der Waals surface area contributed by atoms with Crippen molar-refractivity contribution < 1.29 is 18.8 Å². The Kier molecular flexibility index (Phi) is 6.67. The average Bonchev–Trinajstić information content (AvgIpc) is 3.42. The van der Waals surface area contributed by atoms with Gasteiger partial charge < -0.3 is 4.90 Å². The van der Waals surface area contributed by atoms with Gasteiger partial charge in [-0.2, -0.15) is 0 Å². The molecule has 8 heteroatoms. The number of hydrogen-bond donors (Lipinski definition) is 1. The summed E-state index contributed by atoms with van der Waals surface area (Å²) in [4.78, 5) is 43.6. The van der Waals surface area contributed by atoms with E-state index in [1.165, 1.54) is 22.1 Å². The fourth-order valence-corrected chi connectivity index (χ4v) is 7.45. The number of fused-ring (bicyclic) bond motifs is 3. The van der Waals surface area contributed by atoms with Crippen LogP contribution >= 0.6 is 0 Å². The summed E-state index contributed by atoms with van der Waals surface area (Å²) >= 11 is 0. The lowest BCUT2D eigenvalue weighted by Crippen LogP contribution is -2.54. The van der Waals surface area contributed by atoms with Gasteiger partial charge in [-0.15, -0.1) is 0 Å². The minimum atomic E-state index is -0.749. The fourth-order valence-electron chi connectivity index (χ4n) is 7.45. The summed E-state index contributed by atoms with van der Waals surface area (Å²) in [5.41, 5.74) is 4.11. The summed E-state index contributed by atoms with van der Waals surface area (Å²) in [6.07, 6.45) is 2.70. The lowest BCUT2D eigenvalue weighted by Gasteiger charge is -2.45. The van der Waals surface area contributed by atoms with E-state index in [-0.39, 0.29) is 36.9 Å². The lowest BCUT2D eigenvalue weighted by molar-refractivity contribution is -0.136. The Bertz CT molecular complexity index is 1440. The van der Waals surface area contributed by atoms with Gasteiger partial charge in [0.2, 0.25) is 11.8 Å². The van der Waals surface area contributed by atoms with Gasteiger partial charge >= 0.3 is 0 Å². The highest BCUT2D eigenvalue weighted by atomic mass is 19.1. The van der Waals surface area contributed by atoms with Crippen molar-refractivity contribution in [3.05, 3.63) is 106 Å². The first-order valence-electron chi connectivity index (χ1n) is 14.5. The Hall–Kier alpha value is -3.88. The van der Waals surface area contributed by atoms with E-state index < -0.39 is 23.7 Å². The minimum Gasteiger partial charge on any atom is -0.322 e. The van der Waals surface area contributed by atoms with Crippen LogP contribution in [0.5, 0.6) is 0 Å². The number of likely N-dealkylation sites (tertiary alicyclic amines) is 1. The number of amides is 3. The molecule has 7 rings (SSSR count). The Labute approximate surface area is 238 Å². The molecule has 3 fully saturated rings. The third kappa shape index (κ3) is 4.75. The normalized spacial score (nSPS) is 24.7. The van der Waals surface area contributed by atoms with Crippen molar-refractivity contribution in [1.82, 2.24) is 20.0 Å². The Balaban J connectivity index is 1.09. The molecule has 3 saturated heterocycles. The second-order valence-corrected chi connectivity index (χ2v) is 11.8. The minimum absolute atomic E-state index is 0.0527. The van der Waals surface area contributed by atoms with Crippen molar-refractivity contribution in [2.24, 2.45) is 0 Å². The van der Waals surface area contributed by atoms with E-state index >= 15 is 4.39 Å². The van der Waals surface area contributed by atoms with Gasteiger partial charge in [0.05, 0.1) is 11.6 Å². The van der Waals surface area contributed by atoms with Gasteiger partial charge in [0.15, 0.2) is 0 Å². The summed E-state index contributed by atoms with van der Waals surface area (Å²) in [5.74, 6) is -1.83. The summed E-state index contributed by atoms with van der Waals surface area (Å²) in [5, 5.41) is 2.30. The van der Waals surface area contributed by atoms with Gasteiger partial charge in [-0.05, 0) is 47.6 Å². The summed E-state index contributed by atoms with van der Waals surface area (Å²) in [6.45, 7) is 2.58. The van der Waals surface area contributed by atoms with Gasteiger partial charge in [0, 0.05) is 44.7 Å². The van der Waals surface area contributed by atoms with Crippen LogP contribution in [0.25, 0.3) is 0 Å². The number of rotatable bonds is 6. The number of imide groups is 1. The van der Waals surface area contributed by atoms with E-state index in [0.29, 0.717) is 24.2 Å². The molecule has 0 saturated carbocycles. The van der Waals surface area contributed by atoms with Gasteiger partial charge in [-0.1, -0.05) is 66.7 Å². The van der Waals surface area contributed by atoms with Crippen molar-refractivity contribution in [2.45, 2.75) is 62.9 Å². The van der Waals surface area contributed by atoms with Crippen LogP contribution in [0.3, 0.4) is 0 Å². The highest BCUT2D eigenvalue weighted by Gasteiger charge is 2.45. The molecule has 0 aromatic heterocycles. The SMILES string of the molecule is O=C1CCC(N2Cc3cc(CN4CC5CCC(C4)N5C(c4ccccc4)c4ccccc4)cc(F)c3C2=O)C(=O)N1. The molecule has 3 atom stereocenters. The Morgan fingerprint density at radius 3 is 2.10 bits per heavy atom. The van der Waals surface area contributed by atoms with Gasteiger partial charge in [0.1, 0.15) is 11.9 Å². The summed E-state index contributed by atoms with van der Waals surface area (Å²) < 4.78 is 15.3. The average molecular weight is 553 g/mol. The monoisotopic (exact) mass is 552 g/mol. The van der Waals surface area contributed by atoms with Crippen molar-refractivity contribution in [3.8, 4) is 0 Å². The highest BCUT2D eigenvalue weighted by molar-refractivity contribution is 6.05. The molecule has 4 heterocycles. The molecule has 210 valence electrons. The molecule has 1 N–H and O–H groups in total. The van der Waals surface area contributed by atoms with Crippen LogP contribution < -0.4 is 5.32 Å². The third-order valence-corrected chi connectivity index (χ3v) is 9.18. The van der Waals surface area contributed by atoms with Crippen molar-refractivity contribution in [1.29, 1.82) is 0 Å². The number of carbonyl (C=O) groups is 3. The maximum Gasteiger partial charge on any atom is 0.258 e. The van der Waals surface area contributed by atoms with Gasteiger partial charge in [-0.3, -0.25) is 29.5 Å². The fraction of sp³-hybridized carbons (Fsp3) is 0.364. The second-order valence-electron chi connectivity index (χ2n) is 11.8. The first kappa shape index (κ1) is 26.0. The van der Waals surface area contributed by atoms with E-state index in [4.69, 9.17) is 0 Å². The van der Waals surface area contributed by atoms with Crippen LogP contribution in [0.1, 0.15) is 64.3 Å². The number of piperidine rings is 1. The first-order chi connectivity index (χ1) is 20.0. The highest BCUT2D eigenvalue weighted by Crippen LogP contribution is 2.41. The molecule has 41 heavy (non-hydrogen) atoms. The van der Waals surface area contributed by atoms with E-state index in [1.54, 1.807) is 0 Å². The molecular weight excluding hydrogens is 519 g/mol. The Morgan fingerprint density at radius 2 is 1.49 bits per heavy atom. The van der Waals surface area contributed by atoms with E-state index in [2.05, 4.69) is 75.8 Å². The number of carbonyl (C=O) groups excluding carboxylic acids is 3. The molecule has 3 aromatic rings. The number of halogens is 1. The molecule has 3 amide bonds. The molecule has 3 unspecified atom stereocenters.